The number of ketones is 1. The van der Waals surface area contributed by atoms with Gasteiger partial charge in [-0.2, -0.15) is 0 Å². The summed E-state index contributed by atoms with van der Waals surface area (Å²) in [6, 6.07) is 9.71. The van der Waals surface area contributed by atoms with E-state index in [1.54, 1.807) is 6.07 Å². The number of sulfonamides is 1. The van der Waals surface area contributed by atoms with Crippen LogP contribution in [0.15, 0.2) is 53.4 Å². The molecule has 0 aliphatic rings. The number of carbonyl (C=O) groups is 1. The summed E-state index contributed by atoms with van der Waals surface area (Å²) in [4.78, 5) is 22.5. The predicted molar refractivity (Wildman–Crippen MR) is 98.8 cm³/mol. The van der Waals surface area contributed by atoms with Crippen molar-refractivity contribution in [3.63, 3.8) is 0 Å². The monoisotopic (exact) mass is 394 g/mol. The number of nitro groups is 1. The molecule has 0 saturated carbocycles. The third kappa shape index (κ3) is 4.34. The van der Waals surface area contributed by atoms with Crippen molar-refractivity contribution in [3.8, 4) is 0 Å². The van der Waals surface area contributed by atoms with E-state index in [0.29, 0.717) is 11.1 Å². The number of carbonyl (C=O) groups excluding carboxylic acids is 1. The maximum Gasteiger partial charge on any atom is 0.288 e. The molecule has 26 heavy (non-hydrogen) atoms. The molecule has 0 atom stereocenters. The molecule has 0 heterocycles. The van der Waals surface area contributed by atoms with Gasteiger partial charge in [-0.25, -0.2) is 12.7 Å². The summed E-state index contributed by atoms with van der Waals surface area (Å²) in [6.07, 6.45) is 2.68. The van der Waals surface area contributed by atoms with Crippen LogP contribution in [0.3, 0.4) is 0 Å². The molecule has 0 unspecified atom stereocenters. The van der Waals surface area contributed by atoms with Crippen LogP contribution in [0.25, 0.3) is 6.08 Å². The topological polar surface area (TPSA) is 97.6 Å². The van der Waals surface area contributed by atoms with E-state index in [4.69, 9.17) is 11.6 Å². The summed E-state index contributed by atoms with van der Waals surface area (Å²) < 4.78 is 25.1. The first-order chi connectivity index (χ1) is 12.1. The van der Waals surface area contributed by atoms with Crippen LogP contribution in [0, 0.1) is 10.1 Å². The Morgan fingerprint density at radius 2 is 1.77 bits per heavy atom. The Kier molecular flexibility index (Phi) is 5.91. The van der Waals surface area contributed by atoms with E-state index < -0.39 is 14.9 Å². The molecule has 0 N–H and O–H groups in total. The normalized spacial score (nSPS) is 11.8. The van der Waals surface area contributed by atoms with Crippen molar-refractivity contribution in [2.24, 2.45) is 0 Å². The summed E-state index contributed by atoms with van der Waals surface area (Å²) in [7, 11) is -0.726. The molecule has 0 aliphatic carbocycles. The maximum atomic E-state index is 12.2. The van der Waals surface area contributed by atoms with Gasteiger partial charge in [-0.1, -0.05) is 23.7 Å². The predicted octanol–water partition coefficient (Wildman–Crippen LogP) is 3.39. The van der Waals surface area contributed by atoms with Crippen LogP contribution in [-0.2, 0) is 10.0 Å². The highest BCUT2D eigenvalue weighted by Gasteiger charge is 2.17. The molecule has 0 fully saturated rings. The zero-order valence-corrected chi connectivity index (χ0v) is 15.5. The number of benzene rings is 2. The Morgan fingerprint density at radius 3 is 2.31 bits per heavy atom. The molecule has 9 heteroatoms. The molecular formula is C17H15ClN2O5S. The molecule has 0 amide bonds. The Labute approximate surface area is 155 Å². The number of halogens is 1. The van der Waals surface area contributed by atoms with Crippen molar-refractivity contribution in [1.82, 2.24) is 4.31 Å². The van der Waals surface area contributed by atoms with Gasteiger partial charge in [-0.15, -0.1) is 0 Å². The van der Waals surface area contributed by atoms with Crippen molar-refractivity contribution in [1.29, 1.82) is 0 Å². The molecule has 0 aliphatic heterocycles. The smallest absolute Gasteiger partial charge is 0.288 e. The van der Waals surface area contributed by atoms with Gasteiger partial charge in [0.1, 0.15) is 5.02 Å². The second-order valence-corrected chi connectivity index (χ2v) is 8.04. The van der Waals surface area contributed by atoms with E-state index >= 15 is 0 Å². The minimum Gasteiger partial charge on any atom is -0.289 e. The van der Waals surface area contributed by atoms with Gasteiger partial charge in [0.05, 0.1) is 9.82 Å². The average Bonchev–Trinajstić information content (AvgIpc) is 2.60. The molecule has 0 radical (unpaired) electrons. The number of nitro benzene ring substituents is 1. The quantitative estimate of drug-likeness (QED) is 0.323. The average molecular weight is 395 g/mol. The number of nitrogens with zero attached hydrogens (tertiary/aromatic N) is 2. The van der Waals surface area contributed by atoms with Crippen molar-refractivity contribution in [2.45, 2.75) is 4.90 Å². The van der Waals surface area contributed by atoms with E-state index in [0.717, 1.165) is 4.31 Å². The largest absolute Gasteiger partial charge is 0.289 e. The van der Waals surface area contributed by atoms with Gasteiger partial charge in [0.15, 0.2) is 5.78 Å². The van der Waals surface area contributed by atoms with Crippen molar-refractivity contribution in [2.75, 3.05) is 14.1 Å². The fourth-order valence-electron chi connectivity index (χ4n) is 2.04. The number of allylic oxidation sites excluding steroid dienone is 1. The zero-order chi connectivity index (χ0) is 19.5. The maximum absolute atomic E-state index is 12.2. The fourth-order valence-corrected chi connectivity index (χ4v) is 3.13. The number of hydrogen-bond donors (Lipinski definition) is 0. The van der Waals surface area contributed by atoms with Gasteiger partial charge in [-0.05, 0) is 42.0 Å². The van der Waals surface area contributed by atoms with E-state index in [9.17, 15) is 23.3 Å². The third-order valence-corrected chi connectivity index (χ3v) is 5.66. The molecule has 7 nitrogen and oxygen atoms in total. The highest BCUT2D eigenvalue weighted by molar-refractivity contribution is 7.89. The number of rotatable bonds is 6. The zero-order valence-electron chi connectivity index (χ0n) is 13.9. The van der Waals surface area contributed by atoms with E-state index in [-0.39, 0.29) is 21.4 Å². The molecule has 0 saturated heterocycles. The first-order valence-electron chi connectivity index (χ1n) is 7.32. The van der Waals surface area contributed by atoms with Crippen LogP contribution >= 0.6 is 11.6 Å². The van der Waals surface area contributed by atoms with E-state index in [1.807, 2.05) is 0 Å². The molecular weight excluding hydrogens is 380 g/mol. The molecule has 136 valence electrons. The second-order valence-electron chi connectivity index (χ2n) is 5.48. The van der Waals surface area contributed by atoms with Crippen LogP contribution in [0.5, 0.6) is 0 Å². The van der Waals surface area contributed by atoms with Crippen LogP contribution in [0.2, 0.25) is 5.02 Å². The van der Waals surface area contributed by atoms with E-state index in [2.05, 4.69) is 0 Å². The summed E-state index contributed by atoms with van der Waals surface area (Å²) in [5, 5.41) is 10.9. The molecule has 2 rings (SSSR count). The second kappa shape index (κ2) is 7.77. The van der Waals surface area contributed by atoms with Crippen molar-refractivity contribution < 1.29 is 18.1 Å². The summed E-state index contributed by atoms with van der Waals surface area (Å²) in [5.41, 5.74) is 0.489. The molecule has 0 spiro atoms. The summed E-state index contributed by atoms with van der Waals surface area (Å²) in [5.74, 6) is -0.364. The van der Waals surface area contributed by atoms with Gasteiger partial charge < -0.3 is 0 Å². The van der Waals surface area contributed by atoms with Crippen LogP contribution in [0.4, 0.5) is 5.69 Å². The lowest BCUT2D eigenvalue weighted by molar-refractivity contribution is -0.384. The number of hydrogen-bond acceptors (Lipinski definition) is 5. The Morgan fingerprint density at radius 1 is 1.15 bits per heavy atom. The molecule has 2 aromatic rings. The van der Waals surface area contributed by atoms with Crippen LogP contribution in [-0.4, -0.2) is 37.5 Å². The lowest BCUT2D eigenvalue weighted by Gasteiger charge is -2.11. The summed E-state index contributed by atoms with van der Waals surface area (Å²) in [6.45, 7) is 0. The van der Waals surface area contributed by atoms with Gasteiger partial charge in [-0.3, -0.25) is 14.9 Å². The first kappa shape index (κ1) is 19.8. The lowest BCUT2D eigenvalue weighted by atomic mass is 10.1. The summed E-state index contributed by atoms with van der Waals surface area (Å²) >= 11 is 5.74. The third-order valence-electron chi connectivity index (χ3n) is 3.51. The minimum absolute atomic E-state index is 0.0103. The highest BCUT2D eigenvalue weighted by atomic mass is 35.5. The van der Waals surface area contributed by atoms with Crippen LogP contribution in [0.1, 0.15) is 15.9 Å². The first-order valence-corrected chi connectivity index (χ1v) is 9.13. The Hall–Kier alpha value is -2.55. The van der Waals surface area contributed by atoms with E-state index in [1.165, 1.54) is 62.6 Å². The van der Waals surface area contributed by atoms with Gasteiger partial charge in [0.2, 0.25) is 10.0 Å². The van der Waals surface area contributed by atoms with Gasteiger partial charge in [0.25, 0.3) is 5.69 Å². The van der Waals surface area contributed by atoms with Gasteiger partial charge >= 0.3 is 0 Å². The fraction of sp³-hybridized carbons (Fsp3) is 0.118. The van der Waals surface area contributed by atoms with Crippen LogP contribution < -0.4 is 0 Å². The standard InChI is InChI=1S/C17H15ClN2O5S/c1-19(2)26(24,25)14-7-5-13(6-8-14)17(21)10-4-12-3-9-15(18)16(11-12)20(22)23/h3-11H,1-2H3/b10-4+. The highest BCUT2D eigenvalue weighted by Crippen LogP contribution is 2.25. The Balaban J connectivity index is 2.21. The molecule has 2 aromatic carbocycles. The SMILES string of the molecule is CN(C)S(=O)(=O)c1ccc(C(=O)/C=C/c2ccc(Cl)c([N+](=O)[O-])c2)cc1. The molecule has 0 aromatic heterocycles. The Bertz CT molecular complexity index is 983. The van der Waals surface area contributed by atoms with Crippen molar-refractivity contribution >= 4 is 39.2 Å². The van der Waals surface area contributed by atoms with Gasteiger partial charge in [0, 0.05) is 25.7 Å². The minimum atomic E-state index is -3.56. The molecule has 0 bridgehead atoms. The van der Waals surface area contributed by atoms with Crippen molar-refractivity contribution in [3.05, 3.63) is 74.8 Å². The lowest BCUT2D eigenvalue weighted by Crippen LogP contribution is -2.22.